The van der Waals surface area contributed by atoms with Gasteiger partial charge in [0.2, 0.25) is 0 Å². The van der Waals surface area contributed by atoms with Gasteiger partial charge in [-0.3, -0.25) is 10.1 Å². The SMILES string of the molecule is O=C(O)/C(=C/c1ccc(Cl)cc1Cl)c1ccccc1[N+](=O)[O-]. The maximum atomic E-state index is 11.5. The number of aliphatic carboxylic acids is 1. The summed E-state index contributed by atoms with van der Waals surface area (Å²) in [5.41, 5.74) is -0.106. The van der Waals surface area contributed by atoms with Crippen LogP contribution in [-0.2, 0) is 4.79 Å². The maximum absolute atomic E-state index is 11.5. The van der Waals surface area contributed by atoms with Crippen LogP contribution in [0.15, 0.2) is 42.5 Å². The predicted molar refractivity (Wildman–Crippen MR) is 85.1 cm³/mol. The fraction of sp³-hybridized carbons (Fsp3) is 0. The molecule has 7 heteroatoms. The molecule has 0 spiro atoms. The molecule has 0 fully saturated rings. The number of hydrogen-bond acceptors (Lipinski definition) is 3. The molecule has 0 radical (unpaired) electrons. The molecular weight excluding hydrogens is 329 g/mol. The fourth-order valence-corrected chi connectivity index (χ4v) is 2.35. The molecule has 22 heavy (non-hydrogen) atoms. The zero-order chi connectivity index (χ0) is 16.3. The summed E-state index contributed by atoms with van der Waals surface area (Å²) in [6.07, 6.45) is 1.28. The van der Waals surface area contributed by atoms with Crippen LogP contribution in [0.25, 0.3) is 11.6 Å². The molecule has 0 bridgehead atoms. The van der Waals surface area contributed by atoms with Crippen molar-refractivity contribution >= 4 is 46.5 Å². The van der Waals surface area contributed by atoms with Gasteiger partial charge in [-0.05, 0) is 29.8 Å². The number of hydrogen-bond donors (Lipinski definition) is 1. The molecule has 0 saturated heterocycles. The number of benzene rings is 2. The number of carboxylic acid groups (broad SMARTS) is 1. The third-order valence-electron chi connectivity index (χ3n) is 2.88. The van der Waals surface area contributed by atoms with Gasteiger partial charge in [0.15, 0.2) is 0 Å². The lowest BCUT2D eigenvalue weighted by Gasteiger charge is -2.05. The highest BCUT2D eigenvalue weighted by molar-refractivity contribution is 6.36. The highest BCUT2D eigenvalue weighted by Crippen LogP contribution is 2.30. The second kappa shape index (κ2) is 6.60. The van der Waals surface area contributed by atoms with E-state index in [0.29, 0.717) is 10.6 Å². The summed E-state index contributed by atoms with van der Waals surface area (Å²) in [4.78, 5) is 21.9. The van der Waals surface area contributed by atoms with Gasteiger partial charge in [-0.15, -0.1) is 0 Å². The Morgan fingerprint density at radius 2 is 1.86 bits per heavy atom. The molecule has 0 atom stereocenters. The van der Waals surface area contributed by atoms with E-state index in [1.54, 1.807) is 12.1 Å². The first-order valence-electron chi connectivity index (χ1n) is 6.04. The van der Waals surface area contributed by atoms with E-state index in [0.717, 1.165) is 0 Å². The first-order valence-corrected chi connectivity index (χ1v) is 6.79. The van der Waals surface area contributed by atoms with Crippen LogP contribution in [0.5, 0.6) is 0 Å². The molecule has 0 aliphatic carbocycles. The molecule has 2 aromatic rings. The standard InChI is InChI=1S/C15H9Cl2NO4/c16-10-6-5-9(13(17)8-10)7-12(15(19)20)11-3-1-2-4-14(11)18(21)22/h1-8H,(H,19,20)/b12-7+. The molecule has 0 aliphatic heterocycles. The van der Waals surface area contributed by atoms with E-state index in [2.05, 4.69) is 0 Å². The molecule has 5 nitrogen and oxygen atoms in total. The quantitative estimate of drug-likeness (QED) is 0.384. The van der Waals surface area contributed by atoms with Crippen LogP contribution in [-0.4, -0.2) is 16.0 Å². The molecule has 112 valence electrons. The van der Waals surface area contributed by atoms with Crippen molar-refractivity contribution in [2.75, 3.05) is 0 Å². The minimum absolute atomic E-state index is 0.00557. The van der Waals surface area contributed by atoms with Crippen LogP contribution >= 0.6 is 23.2 Å². The van der Waals surface area contributed by atoms with Gasteiger partial charge in [0.05, 0.1) is 16.1 Å². The Morgan fingerprint density at radius 3 is 2.45 bits per heavy atom. The highest BCUT2D eigenvalue weighted by atomic mass is 35.5. The Kier molecular flexibility index (Phi) is 4.80. The number of nitro benzene ring substituents is 1. The predicted octanol–water partition coefficient (Wildman–Crippen LogP) is 4.53. The lowest BCUT2D eigenvalue weighted by atomic mass is 10.0. The Hall–Kier alpha value is -2.37. The number of nitro groups is 1. The number of nitrogens with zero attached hydrogens (tertiary/aromatic N) is 1. The topological polar surface area (TPSA) is 80.4 Å². The van der Waals surface area contributed by atoms with E-state index < -0.39 is 10.9 Å². The normalized spacial score (nSPS) is 11.3. The summed E-state index contributed by atoms with van der Waals surface area (Å²) in [5, 5.41) is 21.1. The zero-order valence-electron chi connectivity index (χ0n) is 11.0. The fourth-order valence-electron chi connectivity index (χ4n) is 1.89. The van der Waals surface area contributed by atoms with Gasteiger partial charge in [0.1, 0.15) is 0 Å². The molecule has 0 heterocycles. The number of para-hydroxylation sites is 1. The van der Waals surface area contributed by atoms with Crippen LogP contribution in [0.2, 0.25) is 10.0 Å². The van der Waals surface area contributed by atoms with Crippen molar-refractivity contribution in [3.63, 3.8) is 0 Å². The van der Waals surface area contributed by atoms with Gasteiger partial charge in [-0.1, -0.05) is 41.4 Å². The number of halogens is 2. The Balaban J connectivity index is 2.63. The summed E-state index contributed by atoms with van der Waals surface area (Å²) in [5.74, 6) is -1.29. The summed E-state index contributed by atoms with van der Waals surface area (Å²) in [7, 11) is 0. The van der Waals surface area contributed by atoms with Crippen molar-refractivity contribution in [1.29, 1.82) is 0 Å². The first-order chi connectivity index (χ1) is 10.4. The van der Waals surface area contributed by atoms with E-state index in [1.807, 2.05) is 0 Å². The summed E-state index contributed by atoms with van der Waals surface area (Å²) >= 11 is 11.8. The summed E-state index contributed by atoms with van der Waals surface area (Å²) in [6.45, 7) is 0. The largest absolute Gasteiger partial charge is 0.478 e. The van der Waals surface area contributed by atoms with Crippen LogP contribution in [0.4, 0.5) is 5.69 Å². The van der Waals surface area contributed by atoms with Crippen molar-refractivity contribution in [3.8, 4) is 0 Å². The minimum atomic E-state index is -1.29. The highest BCUT2D eigenvalue weighted by Gasteiger charge is 2.21. The van der Waals surface area contributed by atoms with Gasteiger partial charge >= 0.3 is 5.97 Å². The maximum Gasteiger partial charge on any atom is 0.336 e. The van der Waals surface area contributed by atoms with Crippen molar-refractivity contribution in [2.45, 2.75) is 0 Å². The molecule has 0 amide bonds. The number of rotatable bonds is 4. The monoisotopic (exact) mass is 337 g/mol. The Bertz CT molecular complexity index is 787. The van der Waals surface area contributed by atoms with Gasteiger partial charge in [-0.2, -0.15) is 0 Å². The van der Waals surface area contributed by atoms with Crippen LogP contribution in [0, 0.1) is 10.1 Å². The van der Waals surface area contributed by atoms with Crippen molar-refractivity contribution in [3.05, 3.63) is 73.8 Å². The second-order valence-electron chi connectivity index (χ2n) is 4.30. The molecule has 0 unspecified atom stereocenters. The third-order valence-corrected chi connectivity index (χ3v) is 3.45. The van der Waals surface area contributed by atoms with Crippen LogP contribution < -0.4 is 0 Å². The van der Waals surface area contributed by atoms with Crippen LogP contribution in [0.1, 0.15) is 11.1 Å². The lowest BCUT2D eigenvalue weighted by Crippen LogP contribution is -2.03. The molecular formula is C15H9Cl2NO4. The van der Waals surface area contributed by atoms with E-state index in [-0.39, 0.29) is 21.8 Å². The summed E-state index contributed by atoms with van der Waals surface area (Å²) in [6, 6.07) is 10.2. The van der Waals surface area contributed by atoms with E-state index in [9.17, 15) is 20.0 Å². The third kappa shape index (κ3) is 3.44. The molecule has 2 aromatic carbocycles. The molecule has 0 aliphatic rings. The minimum Gasteiger partial charge on any atom is -0.478 e. The van der Waals surface area contributed by atoms with Gasteiger partial charge in [0.25, 0.3) is 5.69 Å². The van der Waals surface area contributed by atoms with Gasteiger partial charge in [-0.25, -0.2) is 4.79 Å². The molecule has 1 N–H and O–H groups in total. The van der Waals surface area contributed by atoms with Gasteiger partial charge < -0.3 is 5.11 Å². The second-order valence-corrected chi connectivity index (χ2v) is 5.15. The molecule has 2 rings (SSSR count). The number of carbonyl (C=O) groups is 1. The van der Waals surface area contributed by atoms with Gasteiger partial charge in [0, 0.05) is 16.1 Å². The smallest absolute Gasteiger partial charge is 0.336 e. The van der Waals surface area contributed by atoms with E-state index in [4.69, 9.17) is 23.2 Å². The summed E-state index contributed by atoms with van der Waals surface area (Å²) < 4.78 is 0. The van der Waals surface area contributed by atoms with E-state index in [1.165, 1.54) is 36.4 Å². The van der Waals surface area contributed by atoms with Crippen LogP contribution in [0.3, 0.4) is 0 Å². The lowest BCUT2D eigenvalue weighted by molar-refractivity contribution is -0.385. The first kappa shape index (κ1) is 16.0. The van der Waals surface area contributed by atoms with Crippen molar-refractivity contribution in [1.82, 2.24) is 0 Å². The Morgan fingerprint density at radius 1 is 1.18 bits per heavy atom. The average Bonchev–Trinajstić information content (AvgIpc) is 2.46. The Labute approximate surface area is 135 Å². The molecule has 0 aromatic heterocycles. The zero-order valence-corrected chi connectivity index (χ0v) is 12.5. The number of carboxylic acids is 1. The van der Waals surface area contributed by atoms with Crippen molar-refractivity contribution in [2.24, 2.45) is 0 Å². The van der Waals surface area contributed by atoms with E-state index >= 15 is 0 Å². The van der Waals surface area contributed by atoms with Crippen molar-refractivity contribution < 1.29 is 14.8 Å². The average molecular weight is 338 g/mol. The molecule has 0 saturated carbocycles.